The number of oxime groups is 1. The molecule has 64 valence electrons. The van der Waals surface area contributed by atoms with Crippen LogP contribution in [0.5, 0.6) is 0 Å². The van der Waals surface area contributed by atoms with E-state index in [1.165, 1.54) is 4.88 Å². The van der Waals surface area contributed by atoms with Crippen LogP contribution in [0.15, 0.2) is 21.1 Å². The summed E-state index contributed by atoms with van der Waals surface area (Å²) >= 11 is 5.11. The van der Waals surface area contributed by atoms with E-state index in [1.54, 1.807) is 11.3 Å². The molecule has 1 aromatic rings. The summed E-state index contributed by atoms with van der Waals surface area (Å²) in [6, 6.07) is 4.10. The molecule has 0 spiro atoms. The molecule has 0 aromatic carbocycles. The van der Waals surface area contributed by atoms with Crippen LogP contribution in [0.3, 0.4) is 0 Å². The first-order valence-electron chi connectivity index (χ1n) is 3.74. The molecule has 0 fully saturated rings. The van der Waals surface area contributed by atoms with Crippen LogP contribution in [0.25, 0.3) is 0 Å². The lowest BCUT2D eigenvalue weighted by molar-refractivity contribution is 0.0995. The van der Waals surface area contributed by atoms with Crippen molar-refractivity contribution in [1.29, 1.82) is 0 Å². The van der Waals surface area contributed by atoms with Gasteiger partial charge < -0.3 is 4.84 Å². The standard InChI is InChI=1S/C8H8BrNOS/c1-5-4-6(10-11-5)7-2-3-8(9)12-7/h2-3,5H,4H2,1H3. The van der Waals surface area contributed by atoms with Gasteiger partial charge in [-0.05, 0) is 35.0 Å². The Balaban J connectivity index is 2.21. The number of halogens is 1. The van der Waals surface area contributed by atoms with Gasteiger partial charge >= 0.3 is 0 Å². The minimum absolute atomic E-state index is 0.237. The average molecular weight is 246 g/mol. The highest BCUT2D eigenvalue weighted by Crippen LogP contribution is 2.26. The molecule has 12 heavy (non-hydrogen) atoms. The Morgan fingerprint density at radius 3 is 3.00 bits per heavy atom. The van der Waals surface area contributed by atoms with Gasteiger partial charge in [-0.3, -0.25) is 0 Å². The van der Waals surface area contributed by atoms with E-state index in [-0.39, 0.29) is 6.10 Å². The van der Waals surface area contributed by atoms with E-state index in [1.807, 2.05) is 13.0 Å². The Morgan fingerprint density at radius 1 is 1.67 bits per heavy atom. The fraction of sp³-hybridized carbons (Fsp3) is 0.375. The molecule has 1 aliphatic heterocycles. The Labute approximate surface area is 83.4 Å². The average Bonchev–Trinajstić information content (AvgIpc) is 2.58. The molecule has 0 amide bonds. The summed E-state index contributed by atoms with van der Waals surface area (Å²) in [7, 11) is 0. The lowest BCUT2D eigenvalue weighted by atomic mass is 10.2. The van der Waals surface area contributed by atoms with Gasteiger partial charge in [0.1, 0.15) is 11.8 Å². The maximum absolute atomic E-state index is 5.11. The molecule has 0 radical (unpaired) electrons. The summed E-state index contributed by atoms with van der Waals surface area (Å²) in [4.78, 5) is 6.31. The summed E-state index contributed by atoms with van der Waals surface area (Å²) in [5.74, 6) is 0. The van der Waals surface area contributed by atoms with E-state index in [0.717, 1.165) is 15.9 Å². The maximum Gasteiger partial charge on any atom is 0.130 e. The fourth-order valence-electron chi connectivity index (χ4n) is 1.12. The first-order chi connectivity index (χ1) is 5.75. The second-order valence-electron chi connectivity index (χ2n) is 2.76. The molecule has 4 heteroatoms. The highest BCUT2D eigenvalue weighted by atomic mass is 79.9. The zero-order valence-corrected chi connectivity index (χ0v) is 8.98. The third kappa shape index (κ3) is 1.54. The summed E-state index contributed by atoms with van der Waals surface area (Å²) in [5, 5.41) is 4.01. The highest BCUT2D eigenvalue weighted by Gasteiger charge is 2.18. The minimum atomic E-state index is 0.237. The lowest BCUT2D eigenvalue weighted by Gasteiger charge is -1.94. The first kappa shape index (κ1) is 8.26. The number of hydrogen-bond acceptors (Lipinski definition) is 3. The van der Waals surface area contributed by atoms with Crippen LogP contribution < -0.4 is 0 Å². The van der Waals surface area contributed by atoms with Crippen LogP contribution in [0.2, 0.25) is 0 Å². The Morgan fingerprint density at radius 2 is 2.50 bits per heavy atom. The molecule has 2 heterocycles. The number of nitrogens with zero attached hydrogens (tertiary/aromatic N) is 1. The van der Waals surface area contributed by atoms with Crippen molar-refractivity contribution in [3.8, 4) is 0 Å². The van der Waals surface area contributed by atoms with Crippen molar-refractivity contribution < 1.29 is 4.84 Å². The van der Waals surface area contributed by atoms with Crippen molar-refractivity contribution in [2.24, 2.45) is 5.16 Å². The predicted molar refractivity (Wildman–Crippen MR) is 53.7 cm³/mol. The van der Waals surface area contributed by atoms with Gasteiger partial charge in [-0.2, -0.15) is 0 Å². The van der Waals surface area contributed by atoms with Gasteiger partial charge in [0.25, 0.3) is 0 Å². The van der Waals surface area contributed by atoms with Crippen LogP contribution in [0, 0.1) is 0 Å². The van der Waals surface area contributed by atoms with Gasteiger partial charge in [0.15, 0.2) is 0 Å². The minimum Gasteiger partial charge on any atom is -0.392 e. The lowest BCUT2D eigenvalue weighted by Crippen LogP contribution is -2.01. The molecule has 1 aromatic heterocycles. The summed E-state index contributed by atoms with van der Waals surface area (Å²) in [6.45, 7) is 2.03. The quantitative estimate of drug-likeness (QED) is 0.746. The number of hydrogen-bond donors (Lipinski definition) is 0. The molecule has 1 atom stereocenters. The topological polar surface area (TPSA) is 21.6 Å². The predicted octanol–water partition coefficient (Wildman–Crippen LogP) is 3.02. The fourth-order valence-corrected chi connectivity index (χ4v) is 2.49. The third-order valence-corrected chi connectivity index (χ3v) is 3.35. The van der Waals surface area contributed by atoms with E-state index in [4.69, 9.17) is 4.84 Å². The molecule has 1 aliphatic rings. The molecular formula is C8H8BrNOS. The molecule has 2 rings (SSSR count). The van der Waals surface area contributed by atoms with Crippen molar-refractivity contribution in [1.82, 2.24) is 0 Å². The smallest absolute Gasteiger partial charge is 0.130 e. The number of thiophene rings is 1. The van der Waals surface area contributed by atoms with Crippen LogP contribution >= 0.6 is 27.3 Å². The SMILES string of the molecule is CC1CC(c2ccc(Br)s2)=NO1. The molecule has 0 N–H and O–H groups in total. The zero-order valence-electron chi connectivity index (χ0n) is 6.58. The Bertz CT molecular complexity index is 321. The second-order valence-corrected chi connectivity index (χ2v) is 5.22. The van der Waals surface area contributed by atoms with Crippen LogP contribution in [-0.4, -0.2) is 11.8 Å². The molecular weight excluding hydrogens is 238 g/mol. The van der Waals surface area contributed by atoms with E-state index < -0.39 is 0 Å². The summed E-state index contributed by atoms with van der Waals surface area (Å²) < 4.78 is 1.14. The third-order valence-electron chi connectivity index (χ3n) is 1.68. The molecule has 0 aliphatic carbocycles. The molecule has 0 saturated heterocycles. The highest BCUT2D eigenvalue weighted by molar-refractivity contribution is 9.11. The zero-order chi connectivity index (χ0) is 8.55. The van der Waals surface area contributed by atoms with E-state index in [0.29, 0.717) is 0 Å². The van der Waals surface area contributed by atoms with Crippen molar-refractivity contribution >= 4 is 33.0 Å². The van der Waals surface area contributed by atoms with E-state index >= 15 is 0 Å². The van der Waals surface area contributed by atoms with Crippen molar-refractivity contribution in [2.75, 3.05) is 0 Å². The van der Waals surface area contributed by atoms with Crippen LogP contribution in [0.4, 0.5) is 0 Å². The van der Waals surface area contributed by atoms with Gasteiger partial charge in [-0.1, -0.05) is 5.16 Å². The second kappa shape index (κ2) is 3.18. The van der Waals surface area contributed by atoms with Crippen molar-refractivity contribution in [3.05, 3.63) is 20.8 Å². The van der Waals surface area contributed by atoms with Gasteiger partial charge in [-0.15, -0.1) is 11.3 Å². The summed E-state index contributed by atoms with van der Waals surface area (Å²) in [5.41, 5.74) is 1.07. The van der Waals surface area contributed by atoms with Gasteiger partial charge in [0.2, 0.25) is 0 Å². The Kier molecular flexibility index (Phi) is 2.19. The number of rotatable bonds is 1. The van der Waals surface area contributed by atoms with Crippen molar-refractivity contribution in [2.45, 2.75) is 19.4 Å². The molecule has 1 unspecified atom stereocenters. The molecule has 0 bridgehead atoms. The Hall–Kier alpha value is -0.350. The van der Waals surface area contributed by atoms with Gasteiger partial charge in [0.05, 0.1) is 8.66 Å². The van der Waals surface area contributed by atoms with Gasteiger partial charge in [0, 0.05) is 6.42 Å². The van der Waals surface area contributed by atoms with Gasteiger partial charge in [-0.25, -0.2) is 0 Å². The van der Waals surface area contributed by atoms with Crippen LogP contribution in [0.1, 0.15) is 18.2 Å². The van der Waals surface area contributed by atoms with E-state index in [2.05, 4.69) is 27.2 Å². The normalized spacial score (nSPS) is 22.2. The van der Waals surface area contributed by atoms with Crippen molar-refractivity contribution in [3.63, 3.8) is 0 Å². The van der Waals surface area contributed by atoms with Crippen LogP contribution in [-0.2, 0) is 4.84 Å². The largest absolute Gasteiger partial charge is 0.392 e. The monoisotopic (exact) mass is 245 g/mol. The first-order valence-corrected chi connectivity index (χ1v) is 5.35. The van der Waals surface area contributed by atoms with E-state index in [9.17, 15) is 0 Å². The molecule has 0 saturated carbocycles. The summed E-state index contributed by atoms with van der Waals surface area (Å²) in [6.07, 6.45) is 1.16. The maximum atomic E-state index is 5.11. The molecule has 2 nitrogen and oxygen atoms in total.